The van der Waals surface area contributed by atoms with E-state index in [1.165, 1.54) is 4.90 Å². The molecule has 0 aromatic heterocycles. The van der Waals surface area contributed by atoms with Crippen LogP contribution in [0.25, 0.3) is 0 Å². The Kier molecular flexibility index (Phi) is 5.80. The largest absolute Gasteiger partial charge is 0.404 e. The number of alkyl halides is 3. The molecular weight excluding hydrogens is 215 g/mol. The third kappa shape index (κ3) is 4.73. The fraction of sp³-hybridized carbons (Fsp3) is 1.00. The van der Waals surface area contributed by atoms with E-state index >= 15 is 0 Å². The molecule has 0 amide bonds. The average molecular weight is 239 g/mol. The van der Waals surface area contributed by atoms with Crippen LogP contribution in [-0.4, -0.2) is 30.2 Å². The van der Waals surface area contributed by atoms with Crippen molar-refractivity contribution >= 4 is 0 Å². The second-order valence-electron chi connectivity index (χ2n) is 5.37. The van der Waals surface area contributed by atoms with Gasteiger partial charge in [-0.15, -0.1) is 0 Å². The Balaban J connectivity index is 4.68. The zero-order chi connectivity index (χ0) is 13.1. The van der Waals surface area contributed by atoms with Crippen molar-refractivity contribution in [1.82, 2.24) is 4.90 Å². The maximum Gasteiger partial charge on any atom is 0.404 e. The lowest BCUT2D eigenvalue weighted by atomic mass is 9.97. The molecule has 0 saturated heterocycles. The molecule has 1 nitrogen and oxygen atoms in total. The fourth-order valence-electron chi connectivity index (χ4n) is 2.20. The molecule has 0 aliphatic heterocycles. The summed E-state index contributed by atoms with van der Waals surface area (Å²) < 4.78 is 38.6. The zero-order valence-corrected chi connectivity index (χ0v) is 11.1. The lowest BCUT2D eigenvalue weighted by molar-refractivity contribution is -0.196. The topological polar surface area (TPSA) is 3.24 Å². The Labute approximate surface area is 97.0 Å². The van der Waals surface area contributed by atoms with Gasteiger partial charge < -0.3 is 0 Å². The third-order valence-electron chi connectivity index (χ3n) is 2.91. The number of nitrogens with zero attached hydrogens (tertiary/aromatic N) is 1. The molecule has 0 radical (unpaired) electrons. The van der Waals surface area contributed by atoms with Crippen molar-refractivity contribution < 1.29 is 13.2 Å². The minimum Gasteiger partial charge on any atom is -0.292 e. The van der Waals surface area contributed by atoms with Crippen molar-refractivity contribution in [1.29, 1.82) is 0 Å². The smallest absolute Gasteiger partial charge is 0.292 e. The van der Waals surface area contributed by atoms with Crippen LogP contribution in [0.2, 0.25) is 0 Å². The Morgan fingerprint density at radius 1 is 1.00 bits per heavy atom. The lowest BCUT2D eigenvalue weighted by Crippen LogP contribution is -2.50. The van der Waals surface area contributed by atoms with E-state index in [9.17, 15) is 13.2 Å². The van der Waals surface area contributed by atoms with Crippen molar-refractivity contribution in [2.45, 2.75) is 59.3 Å². The molecule has 2 atom stereocenters. The molecule has 4 heteroatoms. The van der Waals surface area contributed by atoms with Gasteiger partial charge in [-0.05, 0) is 32.2 Å². The van der Waals surface area contributed by atoms with Gasteiger partial charge in [0.2, 0.25) is 0 Å². The number of hydrogen-bond donors (Lipinski definition) is 0. The summed E-state index contributed by atoms with van der Waals surface area (Å²) in [5.41, 5.74) is 0. The minimum absolute atomic E-state index is 0.0472. The van der Waals surface area contributed by atoms with Gasteiger partial charge in [0.25, 0.3) is 0 Å². The summed E-state index contributed by atoms with van der Waals surface area (Å²) in [5.74, 6) is -0.00175. The van der Waals surface area contributed by atoms with Crippen LogP contribution in [0.5, 0.6) is 0 Å². The first-order valence-corrected chi connectivity index (χ1v) is 5.86. The van der Waals surface area contributed by atoms with Gasteiger partial charge in [-0.1, -0.05) is 27.7 Å². The van der Waals surface area contributed by atoms with Crippen LogP contribution in [0.15, 0.2) is 0 Å². The highest BCUT2D eigenvalue weighted by Crippen LogP contribution is 2.31. The quantitative estimate of drug-likeness (QED) is 0.702. The van der Waals surface area contributed by atoms with Gasteiger partial charge in [-0.25, -0.2) is 0 Å². The van der Waals surface area contributed by atoms with Crippen LogP contribution >= 0.6 is 0 Å². The fourth-order valence-corrected chi connectivity index (χ4v) is 2.20. The van der Waals surface area contributed by atoms with Gasteiger partial charge in [-0.2, -0.15) is 13.2 Å². The molecule has 0 fully saturated rings. The lowest BCUT2D eigenvalue weighted by Gasteiger charge is -2.37. The van der Waals surface area contributed by atoms with Gasteiger partial charge in [0, 0.05) is 6.04 Å². The molecule has 0 aromatic carbocycles. The summed E-state index contributed by atoms with van der Waals surface area (Å²) in [6, 6.07) is -1.39. The van der Waals surface area contributed by atoms with Gasteiger partial charge >= 0.3 is 6.18 Å². The highest BCUT2D eigenvalue weighted by atomic mass is 19.4. The molecule has 98 valence electrons. The van der Waals surface area contributed by atoms with Crippen molar-refractivity contribution in [3.8, 4) is 0 Å². The van der Waals surface area contributed by atoms with Crippen LogP contribution in [0.4, 0.5) is 13.2 Å². The summed E-state index contributed by atoms with van der Waals surface area (Å²) in [7, 11) is 1.57. The van der Waals surface area contributed by atoms with Crippen molar-refractivity contribution in [3.05, 3.63) is 0 Å². The molecule has 0 heterocycles. The van der Waals surface area contributed by atoms with Crippen LogP contribution < -0.4 is 0 Å². The number of hydrogen-bond acceptors (Lipinski definition) is 1. The predicted octanol–water partition coefficient (Wildman–Crippen LogP) is 3.94. The SMILES string of the molecule is CC(C)CC(C)N(C)[C@@H](C(C)C)C(F)(F)F. The first-order valence-electron chi connectivity index (χ1n) is 5.86. The monoisotopic (exact) mass is 239 g/mol. The second-order valence-corrected chi connectivity index (χ2v) is 5.37. The second kappa shape index (κ2) is 5.89. The van der Waals surface area contributed by atoms with E-state index < -0.39 is 18.1 Å². The molecule has 0 N–H and O–H groups in total. The average Bonchev–Trinajstić information content (AvgIpc) is 1.98. The van der Waals surface area contributed by atoms with E-state index in [0.29, 0.717) is 5.92 Å². The molecule has 0 aliphatic rings. The van der Waals surface area contributed by atoms with Crippen molar-refractivity contribution in [3.63, 3.8) is 0 Å². The van der Waals surface area contributed by atoms with Gasteiger partial charge in [0.05, 0.1) is 0 Å². The number of halogens is 3. The first-order chi connectivity index (χ1) is 7.07. The van der Waals surface area contributed by atoms with Crippen LogP contribution in [0.3, 0.4) is 0 Å². The predicted molar refractivity (Wildman–Crippen MR) is 61.4 cm³/mol. The standard InChI is InChI=1S/C12H24F3N/c1-8(2)7-10(5)16(6)11(9(3)4)12(13,14)15/h8-11H,7H2,1-6H3/t10?,11-/m0/s1. The Morgan fingerprint density at radius 2 is 1.44 bits per heavy atom. The van der Waals surface area contributed by atoms with E-state index in [2.05, 4.69) is 0 Å². The molecule has 0 bridgehead atoms. The minimum atomic E-state index is -4.14. The number of rotatable bonds is 5. The maximum atomic E-state index is 12.9. The highest BCUT2D eigenvalue weighted by molar-refractivity contribution is 4.83. The molecule has 0 spiro atoms. The van der Waals surface area contributed by atoms with Gasteiger partial charge in [0.1, 0.15) is 6.04 Å². The summed E-state index contributed by atoms with van der Waals surface area (Å²) in [6.45, 7) is 9.17. The molecule has 0 aliphatic carbocycles. The van der Waals surface area contributed by atoms with Crippen molar-refractivity contribution in [2.24, 2.45) is 11.8 Å². The molecular formula is C12H24F3N. The van der Waals surface area contributed by atoms with Crippen LogP contribution in [0, 0.1) is 11.8 Å². The van der Waals surface area contributed by atoms with E-state index in [-0.39, 0.29) is 6.04 Å². The van der Waals surface area contributed by atoms with Gasteiger partial charge in [0.15, 0.2) is 0 Å². The Morgan fingerprint density at radius 3 is 1.69 bits per heavy atom. The third-order valence-corrected chi connectivity index (χ3v) is 2.91. The van der Waals surface area contributed by atoms with E-state index in [1.54, 1.807) is 20.9 Å². The Bertz CT molecular complexity index is 199. The molecule has 0 aromatic rings. The van der Waals surface area contributed by atoms with Crippen LogP contribution in [-0.2, 0) is 0 Å². The molecule has 0 rings (SSSR count). The van der Waals surface area contributed by atoms with Gasteiger partial charge in [-0.3, -0.25) is 4.90 Å². The highest BCUT2D eigenvalue weighted by Gasteiger charge is 2.45. The molecule has 16 heavy (non-hydrogen) atoms. The summed E-state index contributed by atoms with van der Waals surface area (Å²) >= 11 is 0. The van der Waals surface area contributed by atoms with E-state index in [4.69, 9.17) is 0 Å². The maximum absolute atomic E-state index is 12.9. The van der Waals surface area contributed by atoms with Crippen molar-refractivity contribution in [2.75, 3.05) is 7.05 Å². The summed E-state index contributed by atoms with van der Waals surface area (Å²) in [6.07, 6.45) is -3.36. The van der Waals surface area contributed by atoms with Crippen LogP contribution in [0.1, 0.15) is 41.0 Å². The molecule has 0 saturated carbocycles. The summed E-state index contributed by atoms with van der Waals surface area (Å²) in [4.78, 5) is 1.46. The zero-order valence-electron chi connectivity index (χ0n) is 11.1. The summed E-state index contributed by atoms with van der Waals surface area (Å²) in [5, 5.41) is 0. The van der Waals surface area contributed by atoms with E-state index in [0.717, 1.165) is 6.42 Å². The Hall–Kier alpha value is -0.250. The first kappa shape index (κ1) is 15.8. The van der Waals surface area contributed by atoms with E-state index in [1.807, 2.05) is 20.8 Å². The molecule has 1 unspecified atom stereocenters. The normalized spacial score (nSPS) is 17.2.